The Hall–Kier alpha value is -2.91. The summed E-state index contributed by atoms with van der Waals surface area (Å²) in [7, 11) is 0. The van der Waals surface area contributed by atoms with E-state index in [0.29, 0.717) is 16.7 Å². The summed E-state index contributed by atoms with van der Waals surface area (Å²) in [4.78, 5) is 10.5. The van der Waals surface area contributed by atoms with Crippen molar-refractivity contribution in [2.45, 2.75) is 13.2 Å². The van der Waals surface area contributed by atoms with Crippen molar-refractivity contribution in [1.29, 1.82) is 5.26 Å². The molecule has 2 aromatic rings. The second-order valence-corrected chi connectivity index (χ2v) is 4.32. The van der Waals surface area contributed by atoms with Gasteiger partial charge in [-0.3, -0.25) is 10.1 Å². The van der Waals surface area contributed by atoms with Crippen molar-refractivity contribution in [2.24, 2.45) is 5.73 Å². The van der Waals surface area contributed by atoms with Gasteiger partial charge in [0.1, 0.15) is 6.61 Å². The minimum Gasteiger partial charge on any atom is -0.482 e. The molecule has 6 heteroatoms. The lowest BCUT2D eigenvalue weighted by molar-refractivity contribution is -0.386. The van der Waals surface area contributed by atoms with Crippen molar-refractivity contribution < 1.29 is 9.66 Å². The third-order valence-electron chi connectivity index (χ3n) is 2.98. The van der Waals surface area contributed by atoms with E-state index in [9.17, 15) is 10.1 Å². The topological polar surface area (TPSA) is 102 Å². The Morgan fingerprint density at radius 1 is 1.29 bits per heavy atom. The number of nitrogens with zero attached hydrogens (tertiary/aromatic N) is 2. The van der Waals surface area contributed by atoms with Gasteiger partial charge in [-0.25, -0.2) is 0 Å². The molecule has 21 heavy (non-hydrogen) atoms. The summed E-state index contributed by atoms with van der Waals surface area (Å²) >= 11 is 0. The smallest absolute Gasteiger partial charge is 0.311 e. The van der Waals surface area contributed by atoms with Gasteiger partial charge in [0.25, 0.3) is 0 Å². The summed E-state index contributed by atoms with van der Waals surface area (Å²) in [6.07, 6.45) is 0. The first kappa shape index (κ1) is 14.5. The van der Waals surface area contributed by atoms with Gasteiger partial charge in [0, 0.05) is 18.2 Å². The van der Waals surface area contributed by atoms with E-state index in [1.54, 1.807) is 30.3 Å². The van der Waals surface area contributed by atoms with Gasteiger partial charge in [-0.05, 0) is 17.7 Å². The summed E-state index contributed by atoms with van der Waals surface area (Å²) in [6.45, 7) is 0.310. The third kappa shape index (κ3) is 3.35. The first-order chi connectivity index (χ1) is 10.2. The van der Waals surface area contributed by atoms with Crippen LogP contribution in [-0.2, 0) is 13.2 Å². The molecule has 0 fully saturated rings. The highest BCUT2D eigenvalue weighted by atomic mass is 16.6. The molecule has 0 aliphatic carbocycles. The molecule has 0 spiro atoms. The molecule has 0 amide bonds. The molecule has 0 saturated heterocycles. The van der Waals surface area contributed by atoms with Crippen molar-refractivity contribution in [2.75, 3.05) is 0 Å². The molecule has 2 rings (SSSR count). The standard InChI is InChI=1S/C15H13N3O3/c16-8-11-5-6-15(14(7-11)18(19)20)21-10-13-4-2-1-3-12(13)9-17/h1-7H,8,10,16H2. The van der Waals surface area contributed by atoms with Gasteiger partial charge in [0.15, 0.2) is 5.75 Å². The van der Waals surface area contributed by atoms with Crippen molar-refractivity contribution in [1.82, 2.24) is 0 Å². The van der Waals surface area contributed by atoms with Crippen LogP contribution in [0.15, 0.2) is 42.5 Å². The number of nitriles is 1. The van der Waals surface area contributed by atoms with E-state index in [1.807, 2.05) is 0 Å². The van der Waals surface area contributed by atoms with Gasteiger partial charge in [0.2, 0.25) is 0 Å². The number of hydrogen-bond acceptors (Lipinski definition) is 5. The van der Waals surface area contributed by atoms with Gasteiger partial charge in [-0.15, -0.1) is 0 Å². The van der Waals surface area contributed by atoms with E-state index in [2.05, 4.69) is 6.07 Å². The molecule has 0 atom stereocenters. The molecule has 106 valence electrons. The van der Waals surface area contributed by atoms with Gasteiger partial charge in [-0.2, -0.15) is 5.26 Å². The molecule has 6 nitrogen and oxygen atoms in total. The predicted octanol–water partition coefficient (Wildman–Crippen LogP) is 2.50. The Labute approximate surface area is 121 Å². The normalized spacial score (nSPS) is 9.90. The number of nitrogens with two attached hydrogens (primary N) is 1. The maximum Gasteiger partial charge on any atom is 0.311 e. The maximum atomic E-state index is 11.1. The number of benzene rings is 2. The minimum absolute atomic E-state index is 0.0898. The van der Waals surface area contributed by atoms with Gasteiger partial charge in [-0.1, -0.05) is 24.3 Å². The van der Waals surface area contributed by atoms with E-state index in [-0.39, 0.29) is 24.6 Å². The van der Waals surface area contributed by atoms with Crippen molar-refractivity contribution in [3.05, 3.63) is 69.3 Å². The summed E-state index contributed by atoms with van der Waals surface area (Å²) in [6, 6.07) is 13.6. The highest BCUT2D eigenvalue weighted by molar-refractivity contribution is 5.49. The lowest BCUT2D eigenvalue weighted by atomic mass is 10.1. The van der Waals surface area contributed by atoms with Crippen LogP contribution < -0.4 is 10.5 Å². The van der Waals surface area contributed by atoms with E-state index < -0.39 is 4.92 Å². The van der Waals surface area contributed by atoms with Crippen molar-refractivity contribution in [3.63, 3.8) is 0 Å². The number of ether oxygens (including phenoxy) is 1. The maximum absolute atomic E-state index is 11.1. The molecular formula is C15H13N3O3. The van der Waals surface area contributed by atoms with Crippen LogP contribution in [0.2, 0.25) is 0 Å². The summed E-state index contributed by atoms with van der Waals surface area (Å²) in [5, 5.41) is 20.1. The molecular weight excluding hydrogens is 270 g/mol. The van der Waals surface area contributed by atoms with Gasteiger partial charge < -0.3 is 10.5 Å². The van der Waals surface area contributed by atoms with Crippen LogP contribution in [0.4, 0.5) is 5.69 Å². The Balaban J connectivity index is 2.24. The molecule has 0 radical (unpaired) electrons. The molecule has 0 aliphatic rings. The molecule has 0 aromatic heterocycles. The Bertz CT molecular complexity index is 708. The summed E-state index contributed by atoms with van der Waals surface area (Å²) in [5.41, 5.74) is 7.16. The fourth-order valence-corrected chi connectivity index (χ4v) is 1.87. The van der Waals surface area contributed by atoms with Crippen LogP contribution in [-0.4, -0.2) is 4.92 Å². The first-order valence-electron chi connectivity index (χ1n) is 6.24. The highest BCUT2D eigenvalue weighted by Gasteiger charge is 2.16. The van der Waals surface area contributed by atoms with Crippen LogP contribution in [0, 0.1) is 21.4 Å². The summed E-state index contributed by atoms with van der Waals surface area (Å²) < 4.78 is 5.49. The van der Waals surface area contributed by atoms with Crippen LogP contribution >= 0.6 is 0 Å². The number of nitro benzene ring substituents is 1. The zero-order valence-electron chi connectivity index (χ0n) is 11.2. The molecule has 0 bridgehead atoms. The average Bonchev–Trinajstić information content (AvgIpc) is 2.52. The molecule has 0 saturated carbocycles. The van der Waals surface area contributed by atoms with Gasteiger partial charge >= 0.3 is 5.69 Å². The second kappa shape index (κ2) is 6.50. The second-order valence-electron chi connectivity index (χ2n) is 4.32. The number of hydrogen-bond donors (Lipinski definition) is 1. The predicted molar refractivity (Wildman–Crippen MR) is 76.5 cm³/mol. The molecule has 0 aliphatic heterocycles. The zero-order chi connectivity index (χ0) is 15.2. The quantitative estimate of drug-likeness (QED) is 0.670. The molecule has 0 heterocycles. The van der Waals surface area contributed by atoms with E-state index in [0.717, 1.165) is 0 Å². The molecule has 2 N–H and O–H groups in total. The lowest BCUT2D eigenvalue weighted by Crippen LogP contribution is -2.03. The van der Waals surface area contributed by atoms with Crippen LogP contribution in [0.1, 0.15) is 16.7 Å². The molecule has 2 aromatic carbocycles. The SMILES string of the molecule is N#Cc1ccccc1COc1ccc(CN)cc1[N+](=O)[O-]. The average molecular weight is 283 g/mol. The van der Waals surface area contributed by atoms with Crippen LogP contribution in [0.25, 0.3) is 0 Å². The summed E-state index contributed by atoms with van der Waals surface area (Å²) in [5.74, 6) is 0.157. The molecule has 0 unspecified atom stereocenters. The van der Waals surface area contributed by atoms with E-state index in [1.165, 1.54) is 12.1 Å². The number of rotatable bonds is 5. The monoisotopic (exact) mass is 283 g/mol. The van der Waals surface area contributed by atoms with Crippen LogP contribution in [0.3, 0.4) is 0 Å². The number of nitro groups is 1. The van der Waals surface area contributed by atoms with Crippen molar-refractivity contribution >= 4 is 5.69 Å². The Kier molecular flexibility index (Phi) is 4.49. The first-order valence-corrected chi connectivity index (χ1v) is 6.24. The van der Waals surface area contributed by atoms with Crippen molar-refractivity contribution in [3.8, 4) is 11.8 Å². The minimum atomic E-state index is -0.509. The largest absolute Gasteiger partial charge is 0.482 e. The third-order valence-corrected chi connectivity index (χ3v) is 2.98. The lowest BCUT2D eigenvalue weighted by Gasteiger charge is -2.09. The zero-order valence-corrected chi connectivity index (χ0v) is 11.2. The van der Waals surface area contributed by atoms with E-state index >= 15 is 0 Å². The van der Waals surface area contributed by atoms with Crippen LogP contribution in [0.5, 0.6) is 5.75 Å². The van der Waals surface area contributed by atoms with Gasteiger partial charge in [0.05, 0.1) is 16.6 Å². The highest BCUT2D eigenvalue weighted by Crippen LogP contribution is 2.28. The Morgan fingerprint density at radius 3 is 2.71 bits per heavy atom. The van der Waals surface area contributed by atoms with E-state index in [4.69, 9.17) is 15.7 Å². The fourth-order valence-electron chi connectivity index (χ4n) is 1.87. The fraction of sp³-hybridized carbons (Fsp3) is 0.133. The Morgan fingerprint density at radius 2 is 2.05 bits per heavy atom.